The smallest absolute Gasteiger partial charge is 0.0799 e. The van der Waals surface area contributed by atoms with Crippen LogP contribution in [0, 0.1) is 0 Å². The Bertz CT molecular complexity index is 319. The molecule has 0 saturated carbocycles. The molecule has 9 heteroatoms. The van der Waals surface area contributed by atoms with Crippen molar-refractivity contribution in [2.24, 2.45) is 0 Å². The lowest BCUT2D eigenvalue weighted by atomic mass is 10.3. The highest BCUT2D eigenvalue weighted by atomic mass is 35.5. The molecule has 5 atom stereocenters. The van der Waals surface area contributed by atoms with Gasteiger partial charge in [-0.1, -0.05) is 0 Å². The third-order valence-corrected chi connectivity index (χ3v) is 4.19. The van der Waals surface area contributed by atoms with Gasteiger partial charge in [0.25, 0.3) is 0 Å². The molecule has 0 fully saturated rings. The molecule has 0 spiro atoms. The molecule has 0 aromatic heterocycles. The van der Waals surface area contributed by atoms with Crippen LogP contribution in [-0.4, -0.2) is 98.5 Å². The van der Waals surface area contributed by atoms with Gasteiger partial charge in [0.15, 0.2) is 0 Å². The lowest BCUT2D eigenvalue weighted by Gasteiger charge is -2.19. The Morgan fingerprint density at radius 2 is 1.27 bits per heavy atom. The standard InChI is InChI=1S/C17H36Cl2N2O5/c1-13(20-8-16(22)6-18)10-24-4-5-26-15(3)12-25-11-14(2)21-9-17(23)7-19/h13-17,20-23H,4-12H2,1-3H3. The monoisotopic (exact) mass is 418 g/mol. The SMILES string of the molecule is CC(COCCOC(C)COCC(C)NCC(O)CCl)NCC(O)CCl. The van der Waals surface area contributed by atoms with Crippen LogP contribution in [0.1, 0.15) is 20.8 Å². The molecule has 0 rings (SSSR count). The Balaban J connectivity index is 3.50. The average Bonchev–Trinajstić information content (AvgIpc) is 2.63. The van der Waals surface area contributed by atoms with E-state index in [-0.39, 0.29) is 29.9 Å². The molecule has 0 saturated heterocycles. The van der Waals surface area contributed by atoms with Gasteiger partial charge < -0.3 is 35.1 Å². The van der Waals surface area contributed by atoms with E-state index < -0.39 is 12.2 Å². The molecule has 158 valence electrons. The van der Waals surface area contributed by atoms with Crippen molar-refractivity contribution < 1.29 is 24.4 Å². The Hall–Kier alpha value is 0.300. The molecule has 0 aliphatic heterocycles. The van der Waals surface area contributed by atoms with Gasteiger partial charge in [0.1, 0.15) is 0 Å². The first-order valence-electron chi connectivity index (χ1n) is 9.10. The molecule has 26 heavy (non-hydrogen) atoms. The van der Waals surface area contributed by atoms with Crippen LogP contribution in [0.2, 0.25) is 0 Å². The first-order chi connectivity index (χ1) is 12.4. The molecule has 0 amide bonds. The van der Waals surface area contributed by atoms with E-state index in [0.717, 1.165) is 0 Å². The zero-order chi connectivity index (χ0) is 19.8. The van der Waals surface area contributed by atoms with Gasteiger partial charge in [0.05, 0.1) is 51.3 Å². The minimum atomic E-state index is -0.537. The summed E-state index contributed by atoms with van der Waals surface area (Å²) >= 11 is 11.1. The third kappa shape index (κ3) is 16.5. The van der Waals surface area contributed by atoms with Crippen molar-refractivity contribution in [3.63, 3.8) is 0 Å². The Kier molecular flexibility index (Phi) is 17.6. The summed E-state index contributed by atoms with van der Waals surface area (Å²) in [6.45, 7) is 9.41. The number of hydrogen-bond donors (Lipinski definition) is 4. The molecule has 0 bridgehead atoms. The lowest BCUT2D eigenvalue weighted by Crippen LogP contribution is -2.38. The maximum Gasteiger partial charge on any atom is 0.0799 e. The molecule has 4 N–H and O–H groups in total. The molecular weight excluding hydrogens is 383 g/mol. The minimum Gasteiger partial charge on any atom is -0.391 e. The van der Waals surface area contributed by atoms with Crippen molar-refractivity contribution in [2.75, 3.05) is 57.9 Å². The Morgan fingerprint density at radius 3 is 1.77 bits per heavy atom. The van der Waals surface area contributed by atoms with Crippen LogP contribution in [0.5, 0.6) is 0 Å². The van der Waals surface area contributed by atoms with Gasteiger partial charge in [-0.2, -0.15) is 0 Å². The number of hydrogen-bond acceptors (Lipinski definition) is 7. The number of aliphatic hydroxyl groups excluding tert-OH is 2. The largest absolute Gasteiger partial charge is 0.391 e. The maximum atomic E-state index is 9.37. The number of rotatable bonds is 18. The van der Waals surface area contributed by atoms with Crippen molar-refractivity contribution in [1.29, 1.82) is 0 Å². The Labute approximate surface area is 167 Å². The van der Waals surface area contributed by atoms with Gasteiger partial charge in [0.2, 0.25) is 0 Å². The fraction of sp³-hybridized carbons (Fsp3) is 1.00. The predicted molar refractivity (Wildman–Crippen MR) is 105 cm³/mol. The fourth-order valence-corrected chi connectivity index (χ4v) is 2.15. The van der Waals surface area contributed by atoms with Crippen molar-refractivity contribution in [3.05, 3.63) is 0 Å². The summed E-state index contributed by atoms with van der Waals surface area (Å²) in [4.78, 5) is 0. The second-order valence-corrected chi connectivity index (χ2v) is 7.15. The summed E-state index contributed by atoms with van der Waals surface area (Å²) in [5.74, 6) is 0.441. The highest BCUT2D eigenvalue weighted by molar-refractivity contribution is 6.18. The average molecular weight is 419 g/mol. The van der Waals surface area contributed by atoms with Gasteiger partial charge in [0, 0.05) is 36.9 Å². The molecule has 0 aromatic rings. The predicted octanol–water partition coefficient (Wildman–Crippen LogP) is 0.580. The maximum absolute atomic E-state index is 9.37. The lowest BCUT2D eigenvalue weighted by molar-refractivity contribution is -0.0342. The third-order valence-electron chi connectivity index (χ3n) is 3.48. The summed E-state index contributed by atoms with van der Waals surface area (Å²) in [6, 6.07) is 0.273. The fourth-order valence-electron chi connectivity index (χ4n) is 1.93. The van der Waals surface area contributed by atoms with E-state index in [4.69, 9.17) is 37.4 Å². The van der Waals surface area contributed by atoms with Crippen molar-refractivity contribution >= 4 is 23.2 Å². The van der Waals surface area contributed by atoms with Crippen LogP contribution < -0.4 is 10.6 Å². The van der Waals surface area contributed by atoms with Crippen LogP contribution in [0.25, 0.3) is 0 Å². The van der Waals surface area contributed by atoms with E-state index in [2.05, 4.69) is 10.6 Å². The molecule has 5 unspecified atom stereocenters. The zero-order valence-electron chi connectivity index (χ0n) is 16.1. The highest BCUT2D eigenvalue weighted by Gasteiger charge is 2.09. The van der Waals surface area contributed by atoms with Gasteiger partial charge in [-0.3, -0.25) is 0 Å². The van der Waals surface area contributed by atoms with E-state index in [1.165, 1.54) is 0 Å². The molecule has 0 radical (unpaired) electrons. The van der Waals surface area contributed by atoms with Crippen LogP contribution in [-0.2, 0) is 14.2 Å². The van der Waals surface area contributed by atoms with Crippen LogP contribution >= 0.6 is 23.2 Å². The van der Waals surface area contributed by atoms with Crippen molar-refractivity contribution in [3.8, 4) is 0 Å². The molecule has 7 nitrogen and oxygen atoms in total. The number of halogens is 2. The number of ether oxygens (including phenoxy) is 3. The quantitative estimate of drug-likeness (QED) is 0.191. The summed E-state index contributed by atoms with van der Waals surface area (Å²) in [7, 11) is 0. The zero-order valence-corrected chi connectivity index (χ0v) is 17.6. The van der Waals surface area contributed by atoms with Crippen LogP contribution in [0.15, 0.2) is 0 Å². The minimum absolute atomic E-state index is 0.0198. The highest BCUT2D eigenvalue weighted by Crippen LogP contribution is 1.95. The van der Waals surface area contributed by atoms with E-state index in [9.17, 15) is 10.2 Å². The van der Waals surface area contributed by atoms with Crippen molar-refractivity contribution in [2.45, 2.75) is 51.2 Å². The normalized spacial score (nSPS) is 17.7. The number of aliphatic hydroxyl groups is 2. The van der Waals surface area contributed by atoms with Gasteiger partial charge >= 0.3 is 0 Å². The second-order valence-electron chi connectivity index (χ2n) is 6.53. The van der Waals surface area contributed by atoms with Gasteiger partial charge in [-0.15, -0.1) is 23.2 Å². The summed E-state index contributed by atoms with van der Waals surface area (Å²) in [6.07, 6.45) is -1.09. The van der Waals surface area contributed by atoms with E-state index in [1.807, 2.05) is 20.8 Å². The first kappa shape index (κ1) is 26.3. The topological polar surface area (TPSA) is 92.2 Å². The molecular formula is C17H36Cl2N2O5. The number of alkyl halides is 2. The first-order valence-corrected chi connectivity index (χ1v) is 10.2. The summed E-state index contributed by atoms with van der Waals surface area (Å²) in [5.41, 5.74) is 0. The summed E-state index contributed by atoms with van der Waals surface area (Å²) in [5, 5.41) is 25.0. The Morgan fingerprint density at radius 1 is 0.769 bits per heavy atom. The number of nitrogens with one attached hydrogen (secondary N) is 2. The van der Waals surface area contributed by atoms with E-state index in [0.29, 0.717) is 46.1 Å². The second kappa shape index (κ2) is 17.4. The molecule has 0 aliphatic carbocycles. The van der Waals surface area contributed by atoms with E-state index >= 15 is 0 Å². The van der Waals surface area contributed by atoms with Gasteiger partial charge in [-0.25, -0.2) is 0 Å². The molecule has 0 aromatic carbocycles. The van der Waals surface area contributed by atoms with Gasteiger partial charge in [-0.05, 0) is 20.8 Å². The summed E-state index contributed by atoms with van der Waals surface area (Å²) < 4.78 is 16.8. The van der Waals surface area contributed by atoms with E-state index in [1.54, 1.807) is 0 Å². The van der Waals surface area contributed by atoms with Crippen LogP contribution in [0.4, 0.5) is 0 Å². The molecule has 0 aliphatic rings. The van der Waals surface area contributed by atoms with Crippen molar-refractivity contribution in [1.82, 2.24) is 10.6 Å². The molecule has 0 heterocycles. The van der Waals surface area contributed by atoms with Crippen LogP contribution in [0.3, 0.4) is 0 Å².